The molecule has 1 saturated heterocycles. The minimum Gasteiger partial charge on any atom is -0.403 e. The number of aromatic nitrogens is 2. The maximum Gasteiger partial charge on any atom is 0.322 e. The molecule has 0 saturated carbocycles. The highest BCUT2D eigenvalue weighted by Gasteiger charge is 2.32. The Morgan fingerprint density at radius 2 is 1.78 bits per heavy atom. The van der Waals surface area contributed by atoms with Crippen LogP contribution in [0, 0.1) is 0 Å². The van der Waals surface area contributed by atoms with E-state index in [-0.39, 0.29) is 47.7 Å². The first-order valence-electron chi connectivity index (χ1n) is 9.89. The summed E-state index contributed by atoms with van der Waals surface area (Å²) in [6.45, 7) is 4.23. The van der Waals surface area contributed by atoms with Crippen LogP contribution in [-0.4, -0.2) is 54.1 Å². The van der Waals surface area contributed by atoms with Crippen LogP contribution in [0.4, 0.5) is 6.01 Å². The molecule has 0 spiro atoms. The van der Waals surface area contributed by atoms with E-state index in [9.17, 15) is 13.2 Å². The summed E-state index contributed by atoms with van der Waals surface area (Å²) in [6, 6.07) is 12.5. The number of anilines is 1. The lowest BCUT2D eigenvalue weighted by Crippen LogP contribution is -2.48. The first-order chi connectivity index (χ1) is 15.2. The highest BCUT2D eigenvalue weighted by molar-refractivity contribution is 7.89. The molecule has 2 aromatic carbocycles. The van der Waals surface area contributed by atoms with Gasteiger partial charge in [-0.1, -0.05) is 22.8 Å². The number of nitrogens with one attached hydrogen (secondary N) is 1. The maximum atomic E-state index is 12.9. The van der Waals surface area contributed by atoms with Crippen LogP contribution < -0.4 is 5.32 Å². The standard InChI is InChI=1S/C21H21ClN4O5S/c1-13-11-26(12-14(2)30-13)32(28,29)18-8-6-15(7-9-18)19(27)23-21-25-24-20(31-21)16-4-3-5-17(22)10-16/h3-10,13-14H,11-12H2,1-2H3,(H,23,25,27)/t13-,14-/m1/s1. The Morgan fingerprint density at radius 1 is 1.09 bits per heavy atom. The number of nitrogens with zero attached hydrogens (tertiary/aromatic N) is 3. The van der Waals surface area contributed by atoms with Crippen LogP contribution in [0.5, 0.6) is 0 Å². The third-order valence-corrected chi connectivity index (χ3v) is 6.94. The van der Waals surface area contributed by atoms with Crippen LogP contribution in [0.15, 0.2) is 57.8 Å². The van der Waals surface area contributed by atoms with Gasteiger partial charge in [0.25, 0.3) is 5.91 Å². The number of amides is 1. The predicted molar refractivity (Wildman–Crippen MR) is 118 cm³/mol. The zero-order valence-corrected chi connectivity index (χ0v) is 18.9. The molecule has 1 N–H and O–H groups in total. The summed E-state index contributed by atoms with van der Waals surface area (Å²) >= 11 is 5.96. The third kappa shape index (κ3) is 4.83. The van der Waals surface area contributed by atoms with Crippen molar-refractivity contribution in [2.24, 2.45) is 0 Å². The number of halogens is 1. The number of hydrogen-bond acceptors (Lipinski definition) is 7. The number of sulfonamides is 1. The minimum atomic E-state index is -3.69. The Morgan fingerprint density at radius 3 is 2.44 bits per heavy atom. The van der Waals surface area contributed by atoms with Crippen LogP contribution >= 0.6 is 11.6 Å². The van der Waals surface area contributed by atoms with Gasteiger partial charge in [0.05, 0.1) is 17.1 Å². The van der Waals surface area contributed by atoms with Crippen molar-refractivity contribution >= 4 is 33.5 Å². The van der Waals surface area contributed by atoms with Gasteiger partial charge in [0, 0.05) is 29.2 Å². The summed E-state index contributed by atoms with van der Waals surface area (Å²) in [6.07, 6.45) is -0.380. The molecule has 32 heavy (non-hydrogen) atoms. The first kappa shape index (κ1) is 22.4. The zero-order valence-electron chi connectivity index (χ0n) is 17.4. The molecule has 2 heterocycles. The highest BCUT2D eigenvalue weighted by atomic mass is 35.5. The number of benzene rings is 2. The fourth-order valence-corrected chi connectivity index (χ4v) is 5.22. The number of hydrogen-bond donors (Lipinski definition) is 1. The van der Waals surface area contributed by atoms with E-state index in [0.29, 0.717) is 10.6 Å². The molecule has 1 aliphatic rings. The Kier molecular flexibility index (Phi) is 6.29. The zero-order chi connectivity index (χ0) is 22.9. The predicted octanol–water partition coefficient (Wildman–Crippen LogP) is 3.44. The molecule has 0 aliphatic carbocycles. The molecular weight excluding hydrogens is 456 g/mol. The second-order valence-electron chi connectivity index (χ2n) is 7.48. The summed E-state index contributed by atoms with van der Waals surface area (Å²) in [5.74, 6) is -0.304. The van der Waals surface area contributed by atoms with Gasteiger partial charge >= 0.3 is 6.01 Å². The maximum absolute atomic E-state index is 12.9. The number of rotatable bonds is 5. The minimum absolute atomic E-state index is 0.0852. The fourth-order valence-electron chi connectivity index (χ4n) is 3.44. The van der Waals surface area contributed by atoms with Crippen molar-refractivity contribution < 1.29 is 22.4 Å². The quantitative estimate of drug-likeness (QED) is 0.599. The Bertz CT molecular complexity index is 1220. The average molecular weight is 477 g/mol. The molecule has 2 atom stereocenters. The molecule has 11 heteroatoms. The van der Waals surface area contributed by atoms with Crippen molar-refractivity contribution in [3.8, 4) is 11.5 Å². The monoisotopic (exact) mass is 476 g/mol. The third-order valence-electron chi connectivity index (χ3n) is 4.86. The van der Waals surface area contributed by atoms with Gasteiger partial charge in [-0.05, 0) is 56.3 Å². The second-order valence-corrected chi connectivity index (χ2v) is 9.85. The molecule has 1 amide bonds. The summed E-state index contributed by atoms with van der Waals surface area (Å²) in [7, 11) is -3.69. The lowest BCUT2D eigenvalue weighted by Gasteiger charge is -2.34. The summed E-state index contributed by atoms with van der Waals surface area (Å²) in [5.41, 5.74) is 0.863. The topological polar surface area (TPSA) is 115 Å². The number of carbonyl (C=O) groups is 1. The van der Waals surface area contributed by atoms with Gasteiger partial charge in [0.2, 0.25) is 15.9 Å². The van der Waals surface area contributed by atoms with Gasteiger partial charge in [-0.3, -0.25) is 10.1 Å². The van der Waals surface area contributed by atoms with Crippen molar-refractivity contribution in [2.75, 3.05) is 18.4 Å². The summed E-state index contributed by atoms with van der Waals surface area (Å²) < 4.78 is 38.3. The highest BCUT2D eigenvalue weighted by Crippen LogP contribution is 2.24. The molecule has 168 valence electrons. The second kappa shape index (κ2) is 8.99. The van der Waals surface area contributed by atoms with Gasteiger partial charge in [-0.15, -0.1) is 5.10 Å². The van der Waals surface area contributed by atoms with E-state index in [1.54, 1.807) is 24.3 Å². The number of ether oxygens (including phenoxy) is 1. The lowest BCUT2D eigenvalue weighted by molar-refractivity contribution is -0.0440. The van der Waals surface area contributed by atoms with Crippen molar-refractivity contribution in [3.63, 3.8) is 0 Å². The molecule has 1 fully saturated rings. The van der Waals surface area contributed by atoms with Gasteiger partial charge in [0.15, 0.2) is 0 Å². The SMILES string of the molecule is C[C@@H]1CN(S(=O)(=O)c2ccc(C(=O)Nc3nnc(-c4cccc(Cl)c4)o3)cc2)C[C@@H](C)O1. The molecule has 0 unspecified atom stereocenters. The molecule has 1 aromatic heterocycles. The molecule has 0 radical (unpaired) electrons. The van der Waals surface area contributed by atoms with E-state index < -0.39 is 15.9 Å². The molecular formula is C21H21ClN4O5S. The van der Waals surface area contributed by atoms with Crippen LogP contribution in [0.2, 0.25) is 5.02 Å². The van der Waals surface area contributed by atoms with E-state index in [2.05, 4.69) is 15.5 Å². The summed E-state index contributed by atoms with van der Waals surface area (Å²) in [4.78, 5) is 12.6. The van der Waals surface area contributed by atoms with Crippen molar-refractivity contribution in [1.82, 2.24) is 14.5 Å². The van der Waals surface area contributed by atoms with Crippen molar-refractivity contribution in [2.45, 2.75) is 31.0 Å². The van der Waals surface area contributed by atoms with E-state index in [1.165, 1.54) is 28.6 Å². The van der Waals surface area contributed by atoms with Gasteiger partial charge < -0.3 is 9.15 Å². The number of morpholine rings is 1. The smallest absolute Gasteiger partial charge is 0.322 e. The average Bonchev–Trinajstić information content (AvgIpc) is 3.21. The van der Waals surface area contributed by atoms with Gasteiger partial charge in [0.1, 0.15) is 0 Å². The van der Waals surface area contributed by atoms with Crippen LogP contribution in [0.25, 0.3) is 11.5 Å². The van der Waals surface area contributed by atoms with Crippen molar-refractivity contribution in [1.29, 1.82) is 0 Å². The Hall–Kier alpha value is -2.79. The van der Waals surface area contributed by atoms with E-state index in [4.69, 9.17) is 20.8 Å². The van der Waals surface area contributed by atoms with Gasteiger partial charge in [-0.2, -0.15) is 4.31 Å². The molecule has 9 nitrogen and oxygen atoms in total. The number of carbonyl (C=O) groups excluding carboxylic acids is 1. The van der Waals surface area contributed by atoms with E-state index in [1.807, 2.05) is 13.8 Å². The largest absolute Gasteiger partial charge is 0.403 e. The first-order valence-corrected chi connectivity index (χ1v) is 11.7. The molecule has 1 aliphatic heterocycles. The van der Waals surface area contributed by atoms with E-state index >= 15 is 0 Å². The van der Waals surface area contributed by atoms with Crippen molar-refractivity contribution in [3.05, 3.63) is 59.1 Å². The molecule has 0 bridgehead atoms. The van der Waals surface area contributed by atoms with Crippen LogP contribution in [0.1, 0.15) is 24.2 Å². The Labute approximate surface area is 190 Å². The normalized spacial score (nSPS) is 19.6. The Balaban J connectivity index is 1.46. The van der Waals surface area contributed by atoms with Gasteiger partial charge in [-0.25, -0.2) is 8.42 Å². The van der Waals surface area contributed by atoms with Crippen LogP contribution in [-0.2, 0) is 14.8 Å². The summed E-state index contributed by atoms with van der Waals surface area (Å²) in [5, 5.41) is 10.7. The molecule has 3 aromatic rings. The van der Waals surface area contributed by atoms with E-state index in [0.717, 1.165) is 0 Å². The fraction of sp³-hybridized carbons (Fsp3) is 0.286. The lowest BCUT2D eigenvalue weighted by atomic mass is 10.2. The molecule has 4 rings (SSSR count). The van der Waals surface area contributed by atoms with Crippen LogP contribution in [0.3, 0.4) is 0 Å².